The third kappa shape index (κ3) is 3.87. The molecule has 0 radical (unpaired) electrons. The lowest BCUT2D eigenvalue weighted by molar-refractivity contribution is 0.456. The standard InChI is InChI=1S/C25H29N7O2S/c1-4-25(2,3)17-9-11-19(12-10-17)35(33,34)31-15-18(13-16-7-5-6-8-21(16)31)32-23-20(14-28-32)22(26)29-24(27)30-23/h5-12,14,18H,4,13,15H2,1-3H3,(H4,26,27,29,30). The van der Waals surface area contributed by atoms with Gasteiger partial charge in [-0.2, -0.15) is 15.1 Å². The van der Waals surface area contributed by atoms with Gasteiger partial charge in [0.2, 0.25) is 5.95 Å². The van der Waals surface area contributed by atoms with E-state index in [-0.39, 0.29) is 34.7 Å². The number of rotatable bonds is 5. The highest BCUT2D eigenvalue weighted by molar-refractivity contribution is 7.92. The number of anilines is 3. The fourth-order valence-corrected chi connectivity index (χ4v) is 6.11. The number of benzene rings is 2. The number of nitrogens with two attached hydrogens (primary N) is 2. The summed E-state index contributed by atoms with van der Waals surface area (Å²) in [6.45, 7) is 6.63. The predicted molar refractivity (Wildman–Crippen MR) is 138 cm³/mol. The van der Waals surface area contributed by atoms with Crippen LogP contribution >= 0.6 is 0 Å². The number of hydrogen-bond acceptors (Lipinski definition) is 7. The van der Waals surface area contributed by atoms with Crippen molar-refractivity contribution in [2.24, 2.45) is 0 Å². The summed E-state index contributed by atoms with van der Waals surface area (Å²) in [4.78, 5) is 8.59. The van der Waals surface area contributed by atoms with Gasteiger partial charge in [0, 0.05) is 0 Å². The Labute approximate surface area is 204 Å². The zero-order chi connectivity index (χ0) is 25.0. The molecule has 4 aromatic rings. The molecular weight excluding hydrogens is 462 g/mol. The number of nitrogen functional groups attached to an aromatic ring is 2. The molecule has 35 heavy (non-hydrogen) atoms. The largest absolute Gasteiger partial charge is 0.383 e. The second-order valence-electron chi connectivity index (χ2n) is 9.58. The Kier molecular flexibility index (Phi) is 5.43. The van der Waals surface area contributed by atoms with Gasteiger partial charge in [0.25, 0.3) is 10.0 Å². The van der Waals surface area contributed by atoms with Gasteiger partial charge in [-0.25, -0.2) is 13.1 Å². The summed E-state index contributed by atoms with van der Waals surface area (Å²) in [5.74, 6) is 0.294. The smallest absolute Gasteiger partial charge is 0.264 e. The zero-order valence-corrected chi connectivity index (χ0v) is 20.8. The van der Waals surface area contributed by atoms with Gasteiger partial charge in [-0.3, -0.25) is 4.31 Å². The van der Waals surface area contributed by atoms with Gasteiger partial charge in [-0.1, -0.05) is 51.1 Å². The molecule has 9 nitrogen and oxygen atoms in total. The Bertz CT molecular complexity index is 1510. The van der Waals surface area contributed by atoms with Gasteiger partial charge in [0.05, 0.1) is 34.8 Å². The molecule has 5 rings (SSSR count). The number of para-hydroxylation sites is 1. The van der Waals surface area contributed by atoms with Gasteiger partial charge < -0.3 is 11.5 Å². The second-order valence-corrected chi connectivity index (χ2v) is 11.4. The average Bonchev–Trinajstić information content (AvgIpc) is 3.27. The second kappa shape index (κ2) is 8.23. The fourth-order valence-electron chi connectivity index (χ4n) is 4.57. The van der Waals surface area contributed by atoms with E-state index in [1.807, 2.05) is 36.4 Å². The average molecular weight is 492 g/mol. The van der Waals surface area contributed by atoms with E-state index < -0.39 is 10.0 Å². The lowest BCUT2D eigenvalue weighted by Gasteiger charge is -2.35. The van der Waals surface area contributed by atoms with E-state index >= 15 is 0 Å². The highest BCUT2D eigenvalue weighted by atomic mass is 32.2. The molecule has 1 unspecified atom stereocenters. The molecule has 3 heterocycles. The maximum absolute atomic E-state index is 13.9. The third-order valence-electron chi connectivity index (χ3n) is 7.05. The first kappa shape index (κ1) is 23.1. The van der Waals surface area contributed by atoms with Gasteiger partial charge in [-0.15, -0.1) is 0 Å². The minimum absolute atomic E-state index is 0.0300. The summed E-state index contributed by atoms with van der Waals surface area (Å²) < 4.78 is 31.0. The minimum Gasteiger partial charge on any atom is -0.383 e. The number of sulfonamides is 1. The molecule has 0 fully saturated rings. The molecule has 0 aliphatic carbocycles. The van der Waals surface area contributed by atoms with Gasteiger partial charge in [0.15, 0.2) is 5.65 Å². The van der Waals surface area contributed by atoms with Crippen LogP contribution in [0.3, 0.4) is 0 Å². The molecule has 0 bridgehead atoms. The zero-order valence-electron chi connectivity index (χ0n) is 20.0. The minimum atomic E-state index is -3.83. The summed E-state index contributed by atoms with van der Waals surface area (Å²) in [7, 11) is -3.83. The number of nitrogens with zero attached hydrogens (tertiary/aromatic N) is 5. The van der Waals surface area contributed by atoms with E-state index in [1.165, 1.54) is 4.31 Å². The molecule has 1 aliphatic heterocycles. The quantitative estimate of drug-likeness (QED) is 0.435. The lowest BCUT2D eigenvalue weighted by atomic mass is 9.82. The number of aromatic nitrogens is 4. The van der Waals surface area contributed by atoms with E-state index in [2.05, 4.69) is 35.8 Å². The molecule has 0 saturated carbocycles. The van der Waals surface area contributed by atoms with E-state index in [0.29, 0.717) is 23.1 Å². The van der Waals surface area contributed by atoms with E-state index in [4.69, 9.17) is 11.5 Å². The Morgan fingerprint density at radius 3 is 2.49 bits per heavy atom. The molecule has 1 aliphatic rings. The van der Waals surface area contributed by atoms with Crippen LogP contribution in [0.5, 0.6) is 0 Å². The van der Waals surface area contributed by atoms with Crippen molar-refractivity contribution in [3.05, 3.63) is 65.9 Å². The summed E-state index contributed by atoms with van der Waals surface area (Å²) in [6, 6.07) is 14.5. The molecule has 2 aromatic heterocycles. The number of fused-ring (bicyclic) bond motifs is 2. The van der Waals surface area contributed by atoms with Crippen molar-refractivity contribution in [1.29, 1.82) is 0 Å². The van der Waals surface area contributed by atoms with Crippen LogP contribution in [0, 0.1) is 0 Å². The van der Waals surface area contributed by atoms with Crippen LogP contribution in [0.1, 0.15) is 44.4 Å². The first-order valence-electron chi connectivity index (χ1n) is 11.6. The highest BCUT2D eigenvalue weighted by Gasteiger charge is 2.35. The van der Waals surface area contributed by atoms with Gasteiger partial charge >= 0.3 is 0 Å². The normalized spacial score (nSPS) is 16.4. The van der Waals surface area contributed by atoms with E-state index in [1.54, 1.807) is 23.0 Å². The topological polar surface area (TPSA) is 133 Å². The maximum atomic E-state index is 13.9. The Morgan fingerprint density at radius 2 is 1.77 bits per heavy atom. The molecule has 182 valence electrons. The van der Waals surface area contributed by atoms with Crippen LogP contribution in [0.2, 0.25) is 0 Å². The first-order valence-corrected chi connectivity index (χ1v) is 13.0. The van der Waals surface area contributed by atoms with Crippen molar-refractivity contribution in [2.75, 3.05) is 22.3 Å². The molecule has 1 atom stereocenters. The highest BCUT2D eigenvalue weighted by Crippen LogP contribution is 2.37. The molecule has 0 saturated heterocycles. The van der Waals surface area contributed by atoms with Crippen molar-refractivity contribution in [3.8, 4) is 0 Å². The van der Waals surface area contributed by atoms with Crippen LogP contribution < -0.4 is 15.8 Å². The van der Waals surface area contributed by atoms with Crippen molar-refractivity contribution in [3.63, 3.8) is 0 Å². The van der Waals surface area contributed by atoms with Crippen molar-refractivity contribution in [2.45, 2.75) is 50.0 Å². The monoisotopic (exact) mass is 491 g/mol. The van der Waals surface area contributed by atoms with E-state index in [9.17, 15) is 8.42 Å². The van der Waals surface area contributed by atoms with Crippen LogP contribution in [0.25, 0.3) is 11.0 Å². The molecule has 0 spiro atoms. The Balaban J connectivity index is 1.57. The van der Waals surface area contributed by atoms with Crippen LogP contribution in [0.4, 0.5) is 17.5 Å². The van der Waals surface area contributed by atoms with Gasteiger partial charge in [-0.05, 0) is 47.6 Å². The molecular formula is C25H29N7O2S. The first-order chi connectivity index (χ1) is 16.6. The van der Waals surface area contributed by atoms with Crippen molar-refractivity contribution >= 4 is 38.5 Å². The lowest BCUT2D eigenvalue weighted by Crippen LogP contribution is -2.41. The number of hydrogen-bond donors (Lipinski definition) is 2. The molecule has 0 amide bonds. The predicted octanol–water partition coefficient (Wildman–Crippen LogP) is 3.67. The summed E-state index contributed by atoms with van der Waals surface area (Å²) >= 11 is 0. The third-order valence-corrected chi connectivity index (χ3v) is 8.84. The Hall–Kier alpha value is -3.66. The van der Waals surface area contributed by atoms with Crippen LogP contribution in [-0.4, -0.2) is 34.7 Å². The summed E-state index contributed by atoms with van der Waals surface area (Å²) in [6.07, 6.45) is 3.14. The summed E-state index contributed by atoms with van der Waals surface area (Å²) in [5, 5.41) is 5.07. The van der Waals surface area contributed by atoms with Gasteiger partial charge in [0.1, 0.15) is 5.82 Å². The molecule has 4 N–H and O–H groups in total. The van der Waals surface area contributed by atoms with Crippen molar-refractivity contribution in [1.82, 2.24) is 19.7 Å². The summed E-state index contributed by atoms with van der Waals surface area (Å²) in [5.41, 5.74) is 15.0. The SMILES string of the molecule is CCC(C)(C)c1ccc(S(=O)(=O)N2CC(n3ncc4c(N)nc(N)nc43)Cc3ccccc32)cc1. The maximum Gasteiger partial charge on any atom is 0.264 e. The molecule has 2 aromatic carbocycles. The fraction of sp³-hybridized carbons (Fsp3) is 0.320. The van der Waals surface area contributed by atoms with E-state index in [0.717, 1.165) is 17.5 Å². The van der Waals surface area contributed by atoms with Crippen molar-refractivity contribution < 1.29 is 8.42 Å². The van der Waals surface area contributed by atoms with Crippen LogP contribution in [0.15, 0.2) is 59.6 Å². The van der Waals surface area contributed by atoms with Crippen LogP contribution in [-0.2, 0) is 21.9 Å². The molecule has 10 heteroatoms. The Morgan fingerprint density at radius 1 is 1.06 bits per heavy atom.